The summed E-state index contributed by atoms with van der Waals surface area (Å²) in [5.74, 6) is -1.61. The van der Waals surface area contributed by atoms with Crippen molar-refractivity contribution in [1.29, 1.82) is 0 Å². The number of rotatable bonds is 79. The average molecular weight is 1560 g/mol. The minimum absolute atomic E-state index is 0.0705. The summed E-state index contributed by atoms with van der Waals surface area (Å²) in [6.45, 7) is 2.40. The van der Waals surface area contributed by atoms with Crippen LogP contribution in [0.4, 0.5) is 0 Å². The van der Waals surface area contributed by atoms with Crippen LogP contribution in [0.2, 0.25) is 0 Å². The molecule has 622 valence electrons. The largest absolute Gasteiger partial charge is 0.472 e. The zero-order valence-corrected chi connectivity index (χ0v) is 70.0. The summed E-state index contributed by atoms with van der Waals surface area (Å²) in [5, 5.41) is 20.7. The summed E-state index contributed by atoms with van der Waals surface area (Å²) in [6.07, 6.45) is 105. The Morgan fingerprint density at radius 1 is 0.266 bits per heavy atom. The average Bonchev–Trinajstić information content (AvgIpc) is 0.902. The van der Waals surface area contributed by atoms with Crippen molar-refractivity contribution in [2.75, 3.05) is 39.6 Å². The third kappa shape index (κ3) is 83.7. The molecule has 0 radical (unpaired) electrons. The third-order valence-electron chi connectivity index (χ3n) is 17.4. The third-order valence-corrected chi connectivity index (χ3v) is 19.3. The van der Waals surface area contributed by atoms with Gasteiger partial charge in [0, 0.05) is 19.3 Å². The molecule has 0 aromatic heterocycles. The topological polar surface area (TPSA) is 231 Å². The van der Waals surface area contributed by atoms with E-state index in [4.69, 9.17) is 32.3 Å². The molecule has 0 aromatic rings. The van der Waals surface area contributed by atoms with E-state index in [-0.39, 0.29) is 19.3 Å². The lowest BCUT2D eigenvalue weighted by Gasteiger charge is -2.21. The van der Waals surface area contributed by atoms with E-state index in [1.165, 1.54) is 103 Å². The molecule has 0 bridgehead atoms. The number of unbranched alkanes of at least 4 members (excludes halogenated alkanes) is 28. The number of esters is 3. The smallest absolute Gasteiger partial charge is 0.463 e. The van der Waals surface area contributed by atoms with Gasteiger partial charge in [-0.2, -0.15) is 0 Å². The molecule has 0 amide bonds. The molecule has 0 aromatic carbocycles. The normalized spacial score (nSPS) is 14.7. The highest BCUT2D eigenvalue weighted by molar-refractivity contribution is 7.47. The first-order valence-corrected chi connectivity index (χ1v) is 45.4. The van der Waals surface area contributed by atoms with Gasteiger partial charge in [-0.25, -0.2) is 9.13 Å². The summed E-state index contributed by atoms with van der Waals surface area (Å²) in [6, 6.07) is 0. The summed E-state index contributed by atoms with van der Waals surface area (Å²) in [4.78, 5) is 58.8. The van der Waals surface area contributed by atoms with Gasteiger partial charge in [-0.05, 0) is 154 Å². The second-order valence-corrected chi connectivity index (χ2v) is 30.8. The minimum atomic E-state index is -4.95. The van der Waals surface area contributed by atoms with Crippen molar-refractivity contribution in [3.05, 3.63) is 170 Å². The van der Waals surface area contributed by atoms with Gasteiger partial charge in [0.05, 0.1) is 26.4 Å². The lowest BCUT2D eigenvalue weighted by molar-refractivity contribution is -0.161. The maximum atomic E-state index is 13.0. The van der Waals surface area contributed by atoms with Crippen molar-refractivity contribution in [3.63, 3.8) is 0 Å². The zero-order valence-electron chi connectivity index (χ0n) is 68.2. The fraction of sp³-hybridized carbons (Fsp3) is 0.659. The van der Waals surface area contributed by atoms with Gasteiger partial charge < -0.3 is 34.2 Å². The molecule has 0 aliphatic carbocycles. The molecule has 5 atom stereocenters. The second kappa shape index (κ2) is 82.4. The first-order valence-electron chi connectivity index (χ1n) is 42.4. The molecule has 0 spiro atoms. The molecule has 0 saturated heterocycles. The molecule has 18 heteroatoms. The van der Waals surface area contributed by atoms with Gasteiger partial charge in [-0.3, -0.25) is 32.5 Å². The van der Waals surface area contributed by atoms with Crippen molar-refractivity contribution in [1.82, 2.24) is 0 Å². The number of hydrogen-bond donors (Lipinski definition) is 4. The highest BCUT2D eigenvalue weighted by atomic mass is 31.2. The Bertz CT molecular complexity index is 2660. The zero-order chi connectivity index (χ0) is 79.4. The second-order valence-electron chi connectivity index (χ2n) is 27.9. The molecule has 0 rings (SSSR count). The molecule has 0 saturated carbocycles. The van der Waals surface area contributed by atoms with Crippen LogP contribution in [0.3, 0.4) is 0 Å². The Labute approximate surface area is 662 Å². The van der Waals surface area contributed by atoms with E-state index in [1.807, 2.05) is 0 Å². The van der Waals surface area contributed by atoms with Crippen LogP contribution in [0.25, 0.3) is 0 Å². The van der Waals surface area contributed by atoms with Crippen LogP contribution in [0.5, 0.6) is 0 Å². The van der Waals surface area contributed by atoms with Crippen molar-refractivity contribution < 1.29 is 75.8 Å². The number of aliphatic hydroxyl groups excluding tert-OH is 2. The van der Waals surface area contributed by atoms with Crippen LogP contribution in [0, 0.1) is 0 Å². The fourth-order valence-corrected chi connectivity index (χ4v) is 12.6. The van der Waals surface area contributed by atoms with Gasteiger partial charge in [0.15, 0.2) is 6.10 Å². The van der Waals surface area contributed by atoms with Crippen LogP contribution in [-0.2, 0) is 55.8 Å². The van der Waals surface area contributed by atoms with Crippen LogP contribution in [0.15, 0.2) is 170 Å². The SMILES string of the molecule is CC/C=C\C/C=C\C/C=C\C/C=C\C/C=C\C/C=C\CCCCCCCCCCCCCCC(=O)OCC(O)COP(=O)(O)OCC(O)COP(=O)(O)OCC(COC(=O)CCCCCCCCCCC/C=C\C/C=C\C/C=C\C/C=C\CCCCC)OC(=O)CCCCCC/C=C\C/C=C\C/C=C\C/C=C\CC. The summed E-state index contributed by atoms with van der Waals surface area (Å²) in [5.41, 5.74) is 0. The van der Waals surface area contributed by atoms with E-state index in [2.05, 4.69) is 191 Å². The Kier molecular flexibility index (Phi) is 78.5. The number of hydrogen-bond acceptors (Lipinski definition) is 14. The molecule has 0 heterocycles. The highest BCUT2D eigenvalue weighted by Crippen LogP contribution is 2.45. The van der Waals surface area contributed by atoms with Crippen LogP contribution in [-0.4, -0.2) is 95.9 Å². The maximum Gasteiger partial charge on any atom is 0.472 e. The lowest BCUT2D eigenvalue weighted by Crippen LogP contribution is -2.30. The van der Waals surface area contributed by atoms with Gasteiger partial charge in [0.1, 0.15) is 25.4 Å². The number of aliphatic hydroxyl groups is 2. The summed E-state index contributed by atoms with van der Waals surface area (Å²) in [7, 11) is -9.82. The summed E-state index contributed by atoms with van der Waals surface area (Å²) < 4.78 is 61.3. The molecule has 5 unspecified atom stereocenters. The Morgan fingerprint density at radius 2 is 0.486 bits per heavy atom. The number of carbonyl (C=O) groups excluding carboxylic acids is 3. The number of ether oxygens (including phenoxy) is 3. The van der Waals surface area contributed by atoms with E-state index in [1.54, 1.807) is 0 Å². The molecule has 4 N–H and O–H groups in total. The molecule has 16 nitrogen and oxygen atoms in total. The number of carbonyl (C=O) groups is 3. The first kappa shape index (κ1) is 104. The van der Waals surface area contributed by atoms with Crippen LogP contribution in [0.1, 0.15) is 329 Å². The highest BCUT2D eigenvalue weighted by Gasteiger charge is 2.29. The fourth-order valence-electron chi connectivity index (χ4n) is 11.0. The number of phosphoric acid groups is 2. The molecule has 0 aliphatic rings. The number of phosphoric ester groups is 2. The Balaban J connectivity index is 4.57. The van der Waals surface area contributed by atoms with Crippen molar-refractivity contribution in [2.24, 2.45) is 0 Å². The standard InChI is InChI=1S/C91H152O16P2/c1-4-7-10-13-16-19-22-25-28-31-33-35-37-39-40-41-42-43-44-46-48-49-51-54-56-59-62-65-68-71-74-77-89(94)101-80-86(92)81-103-108(97,98)104-82-87(93)83-105-109(99,100)106-85-88(107-91(96)79-76-73-70-67-64-61-58-53-30-27-24-21-18-15-12-9-6-3)84-102-90(95)78-75-72-69-66-63-60-57-55-52-50-47-45-38-36-34-32-29-26-23-20-17-14-11-8-5-2/h7,9-10,12,16-21,25-30,33-36,39-40,42-43,45,47,58,61,86-88,92-93H,4-6,8,11,13-15,22-24,31-32,37-38,41,44,46,48-57,59-60,62-85H2,1-3H3,(H,97,98)(H,99,100)/b10-7-,12-9-,19-16-,20-17-,21-18-,28-25-,29-26-,30-27-,35-33-,36-34-,40-39-,43-42-,47-45-,61-58-. The van der Waals surface area contributed by atoms with Gasteiger partial charge in [-0.1, -0.05) is 326 Å². The minimum Gasteiger partial charge on any atom is -0.463 e. The monoisotopic (exact) mass is 1560 g/mol. The molecule has 109 heavy (non-hydrogen) atoms. The van der Waals surface area contributed by atoms with Crippen molar-refractivity contribution in [2.45, 2.75) is 347 Å². The van der Waals surface area contributed by atoms with Gasteiger partial charge in [0.2, 0.25) is 0 Å². The van der Waals surface area contributed by atoms with Crippen LogP contribution < -0.4 is 0 Å². The Hall–Kier alpha value is -5.09. The predicted octanol–water partition coefficient (Wildman–Crippen LogP) is 25.5. The first-order chi connectivity index (χ1) is 53.2. The quantitative estimate of drug-likeness (QED) is 0.0146. The van der Waals surface area contributed by atoms with Crippen LogP contribution >= 0.6 is 15.6 Å². The molecule has 0 fully saturated rings. The Morgan fingerprint density at radius 3 is 0.771 bits per heavy atom. The van der Waals surface area contributed by atoms with E-state index >= 15 is 0 Å². The van der Waals surface area contributed by atoms with E-state index in [9.17, 15) is 43.5 Å². The molecular formula is C91H152O16P2. The van der Waals surface area contributed by atoms with Gasteiger partial charge >= 0.3 is 33.6 Å². The van der Waals surface area contributed by atoms with E-state index < -0.39 is 91.5 Å². The van der Waals surface area contributed by atoms with E-state index in [0.29, 0.717) is 19.3 Å². The van der Waals surface area contributed by atoms with Crippen molar-refractivity contribution >= 4 is 33.6 Å². The summed E-state index contributed by atoms with van der Waals surface area (Å²) >= 11 is 0. The van der Waals surface area contributed by atoms with E-state index in [0.717, 1.165) is 167 Å². The predicted molar refractivity (Wildman–Crippen MR) is 454 cm³/mol. The number of allylic oxidation sites excluding steroid dienone is 28. The molecular weight excluding hydrogens is 1410 g/mol. The van der Waals surface area contributed by atoms with Gasteiger partial charge in [-0.15, -0.1) is 0 Å². The lowest BCUT2D eigenvalue weighted by atomic mass is 10.0. The maximum absolute atomic E-state index is 13.0. The van der Waals surface area contributed by atoms with Gasteiger partial charge in [0.25, 0.3) is 0 Å². The van der Waals surface area contributed by atoms with Crippen molar-refractivity contribution in [3.8, 4) is 0 Å². The molecule has 0 aliphatic heterocycles.